The van der Waals surface area contributed by atoms with Crippen molar-refractivity contribution in [3.63, 3.8) is 0 Å². The number of benzene rings is 2. The predicted octanol–water partition coefficient (Wildman–Crippen LogP) is 6.74. The normalized spacial score (nSPS) is 11.2. The highest BCUT2D eigenvalue weighted by Crippen LogP contribution is 2.34. The number of hydrogen-bond donors (Lipinski definition) is 1. The van der Waals surface area contributed by atoms with Crippen LogP contribution in [-0.2, 0) is 0 Å². The maximum Gasteiger partial charge on any atom is 0.151 e. The van der Waals surface area contributed by atoms with Crippen LogP contribution < -0.4 is 0 Å². The second kappa shape index (κ2) is 5.82. The average molecular weight is 327 g/mol. The van der Waals surface area contributed by atoms with Gasteiger partial charge in [-0.25, -0.2) is 0 Å². The maximum atomic E-state index is 6.18. The lowest BCUT2D eigenvalue weighted by atomic mass is 10.0. The summed E-state index contributed by atoms with van der Waals surface area (Å²) in [6.07, 6.45) is 0. The summed E-state index contributed by atoms with van der Waals surface area (Å²) in [6.45, 7) is 10.3. The Bertz CT molecular complexity index is 1080. The van der Waals surface area contributed by atoms with Crippen molar-refractivity contribution in [2.75, 3.05) is 0 Å². The second-order valence-corrected chi connectivity index (χ2v) is 6.77. The van der Waals surface area contributed by atoms with E-state index in [0.29, 0.717) is 0 Å². The Labute approximate surface area is 147 Å². The summed E-state index contributed by atoms with van der Waals surface area (Å²) in [5.74, 6) is 0.849. The van der Waals surface area contributed by atoms with E-state index in [2.05, 4.69) is 80.0 Å². The highest BCUT2D eigenvalue weighted by atomic mass is 16.3. The maximum absolute atomic E-state index is 6.18. The van der Waals surface area contributed by atoms with E-state index < -0.39 is 0 Å². The number of rotatable bonds is 3. The van der Waals surface area contributed by atoms with Gasteiger partial charge < -0.3 is 9.40 Å². The van der Waals surface area contributed by atoms with Crippen molar-refractivity contribution in [2.24, 2.45) is 0 Å². The van der Waals surface area contributed by atoms with Gasteiger partial charge in [0.25, 0.3) is 0 Å². The molecule has 4 aromatic rings. The van der Waals surface area contributed by atoms with E-state index in [9.17, 15) is 0 Å². The molecule has 4 rings (SSSR count). The zero-order valence-corrected chi connectivity index (χ0v) is 14.8. The van der Waals surface area contributed by atoms with Gasteiger partial charge in [0, 0.05) is 16.6 Å². The molecule has 1 N–H and O–H groups in total. The van der Waals surface area contributed by atoms with E-state index in [1.807, 2.05) is 6.92 Å². The number of aryl methyl sites for hydroxylation is 2. The Morgan fingerprint density at radius 3 is 2.32 bits per heavy atom. The minimum absolute atomic E-state index is 0.849. The minimum Gasteiger partial charge on any atom is -0.454 e. The molecule has 2 aromatic carbocycles. The molecule has 0 fully saturated rings. The molecule has 25 heavy (non-hydrogen) atoms. The van der Waals surface area contributed by atoms with E-state index in [0.717, 1.165) is 39.3 Å². The first-order valence-corrected chi connectivity index (χ1v) is 8.48. The topological polar surface area (TPSA) is 28.9 Å². The molecule has 0 bridgehead atoms. The summed E-state index contributed by atoms with van der Waals surface area (Å²) in [5, 5.41) is 1.11. The third-order valence-electron chi connectivity index (χ3n) is 4.53. The number of aromatic nitrogens is 1. The molecule has 2 heteroatoms. The molecular weight excluding hydrogens is 306 g/mol. The Morgan fingerprint density at radius 2 is 1.60 bits per heavy atom. The van der Waals surface area contributed by atoms with Crippen molar-refractivity contribution < 1.29 is 4.42 Å². The molecule has 2 heterocycles. The van der Waals surface area contributed by atoms with Crippen molar-refractivity contribution >= 4 is 16.5 Å². The monoisotopic (exact) mass is 327 g/mol. The number of aromatic amines is 1. The number of H-pyrrole nitrogens is 1. The first-order chi connectivity index (χ1) is 12.0. The fraction of sp³-hybridized carbons (Fsp3) is 0.130. The molecule has 2 nitrogen and oxygen atoms in total. The molecule has 2 aromatic heterocycles. The summed E-state index contributed by atoms with van der Waals surface area (Å²) in [7, 11) is 0. The fourth-order valence-electron chi connectivity index (χ4n) is 3.19. The van der Waals surface area contributed by atoms with Gasteiger partial charge in [-0.1, -0.05) is 36.4 Å². The Hall–Kier alpha value is -3.00. The first-order valence-electron chi connectivity index (χ1n) is 8.48. The molecule has 0 unspecified atom stereocenters. The van der Waals surface area contributed by atoms with E-state index >= 15 is 0 Å². The largest absolute Gasteiger partial charge is 0.454 e. The van der Waals surface area contributed by atoms with Gasteiger partial charge in [-0.3, -0.25) is 0 Å². The van der Waals surface area contributed by atoms with Crippen molar-refractivity contribution in [1.82, 2.24) is 4.98 Å². The number of allylic oxidation sites excluding steroid dienone is 1. The fourth-order valence-corrected chi connectivity index (χ4v) is 3.19. The lowest BCUT2D eigenvalue weighted by Gasteiger charge is -2.02. The lowest BCUT2D eigenvalue weighted by molar-refractivity contribution is 0.628. The zero-order valence-electron chi connectivity index (χ0n) is 14.8. The summed E-state index contributed by atoms with van der Waals surface area (Å²) in [5.41, 5.74) is 8.71. The van der Waals surface area contributed by atoms with E-state index in [4.69, 9.17) is 4.42 Å². The minimum atomic E-state index is 0.849. The van der Waals surface area contributed by atoms with Crippen molar-refractivity contribution in [1.29, 1.82) is 0 Å². The highest BCUT2D eigenvalue weighted by molar-refractivity contribution is 5.92. The molecule has 0 saturated heterocycles. The van der Waals surface area contributed by atoms with Crippen LogP contribution in [0.5, 0.6) is 0 Å². The SMILES string of the molecule is C=C(C)c1cc(C)cc2cc(-c3ccc(-c4ccc(C)cc4)[nH]3)oc12. The van der Waals surface area contributed by atoms with Crippen LogP contribution in [0, 0.1) is 13.8 Å². The first kappa shape index (κ1) is 15.5. The van der Waals surface area contributed by atoms with Crippen molar-refractivity contribution in [2.45, 2.75) is 20.8 Å². The standard InChI is InChI=1S/C23H21NO/c1-14(2)19-12-16(4)11-18-13-22(25-23(18)19)21-10-9-20(24-21)17-7-5-15(3)6-8-17/h5-13,24H,1H2,2-4H3. The molecule has 0 spiro atoms. The van der Waals surface area contributed by atoms with Gasteiger partial charge in [-0.15, -0.1) is 0 Å². The Balaban J connectivity index is 1.79. The van der Waals surface area contributed by atoms with Gasteiger partial charge >= 0.3 is 0 Å². The van der Waals surface area contributed by atoms with Crippen LogP contribution in [0.25, 0.3) is 39.3 Å². The van der Waals surface area contributed by atoms with Gasteiger partial charge in [0.05, 0.1) is 5.69 Å². The van der Waals surface area contributed by atoms with Gasteiger partial charge in [0.2, 0.25) is 0 Å². The third kappa shape index (κ3) is 2.80. The Kier molecular flexibility index (Phi) is 3.61. The van der Waals surface area contributed by atoms with Gasteiger partial charge in [0.15, 0.2) is 5.76 Å². The molecule has 0 atom stereocenters. The van der Waals surface area contributed by atoms with Crippen LogP contribution in [-0.4, -0.2) is 4.98 Å². The number of hydrogen-bond acceptors (Lipinski definition) is 1. The molecular formula is C23H21NO. The quantitative estimate of drug-likeness (QED) is 0.443. The lowest BCUT2D eigenvalue weighted by Crippen LogP contribution is -1.81. The van der Waals surface area contributed by atoms with Crippen LogP contribution >= 0.6 is 0 Å². The summed E-state index contributed by atoms with van der Waals surface area (Å²) >= 11 is 0. The van der Waals surface area contributed by atoms with Gasteiger partial charge in [0.1, 0.15) is 5.58 Å². The van der Waals surface area contributed by atoms with Crippen LogP contribution in [0.2, 0.25) is 0 Å². The molecule has 0 aliphatic heterocycles. The molecule has 0 radical (unpaired) electrons. The average Bonchev–Trinajstić information content (AvgIpc) is 3.21. The molecule has 0 aliphatic carbocycles. The third-order valence-corrected chi connectivity index (χ3v) is 4.53. The van der Waals surface area contributed by atoms with Gasteiger partial charge in [-0.05, 0) is 67.8 Å². The number of fused-ring (bicyclic) bond motifs is 1. The van der Waals surface area contributed by atoms with E-state index in [-0.39, 0.29) is 0 Å². The summed E-state index contributed by atoms with van der Waals surface area (Å²) < 4.78 is 6.18. The molecule has 0 aliphatic rings. The summed E-state index contributed by atoms with van der Waals surface area (Å²) in [4.78, 5) is 3.47. The van der Waals surface area contributed by atoms with Crippen LogP contribution in [0.15, 0.2) is 65.6 Å². The molecule has 124 valence electrons. The van der Waals surface area contributed by atoms with Gasteiger partial charge in [-0.2, -0.15) is 0 Å². The van der Waals surface area contributed by atoms with E-state index in [1.165, 1.54) is 16.7 Å². The van der Waals surface area contributed by atoms with Crippen molar-refractivity contribution in [3.05, 3.63) is 77.9 Å². The van der Waals surface area contributed by atoms with E-state index in [1.54, 1.807) is 0 Å². The Morgan fingerprint density at radius 1 is 0.880 bits per heavy atom. The van der Waals surface area contributed by atoms with Crippen LogP contribution in [0.4, 0.5) is 0 Å². The summed E-state index contributed by atoms with van der Waals surface area (Å²) in [6, 6.07) is 19.1. The molecule has 0 saturated carbocycles. The highest BCUT2D eigenvalue weighted by Gasteiger charge is 2.13. The number of nitrogens with one attached hydrogen (secondary N) is 1. The second-order valence-electron chi connectivity index (χ2n) is 6.77. The molecule has 0 amide bonds. The predicted molar refractivity (Wildman–Crippen MR) is 106 cm³/mol. The number of furan rings is 1. The zero-order chi connectivity index (χ0) is 17.6. The van der Waals surface area contributed by atoms with Crippen molar-refractivity contribution in [3.8, 4) is 22.7 Å². The van der Waals surface area contributed by atoms with Crippen LogP contribution in [0.1, 0.15) is 23.6 Å². The van der Waals surface area contributed by atoms with Crippen LogP contribution in [0.3, 0.4) is 0 Å². The smallest absolute Gasteiger partial charge is 0.151 e.